The van der Waals surface area contributed by atoms with Crippen molar-refractivity contribution >= 4 is 23.4 Å². The number of carbonyl (C=O) groups excluding carboxylic acids is 3. The summed E-state index contributed by atoms with van der Waals surface area (Å²) in [6.45, 7) is 1.36. The van der Waals surface area contributed by atoms with Crippen LogP contribution in [0.2, 0.25) is 0 Å². The lowest BCUT2D eigenvalue weighted by atomic mass is 9.88. The fourth-order valence-corrected chi connectivity index (χ4v) is 4.66. The lowest BCUT2D eigenvalue weighted by Crippen LogP contribution is -2.40. The quantitative estimate of drug-likeness (QED) is 0.411. The minimum atomic E-state index is -0.569. The number of amides is 3. The molecule has 1 aromatic heterocycles. The summed E-state index contributed by atoms with van der Waals surface area (Å²) in [5.74, 6) is -0.747. The van der Waals surface area contributed by atoms with Gasteiger partial charge in [-0.2, -0.15) is 0 Å². The number of anilines is 1. The molecule has 0 radical (unpaired) electrons. The number of carbonyl (C=O) groups is 3. The van der Waals surface area contributed by atoms with E-state index in [9.17, 15) is 19.2 Å². The third-order valence-electron chi connectivity index (χ3n) is 6.91. The number of benzene rings is 2. The van der Waals surface area contributed by atoms with E-state index in [1.807, 2.05) is 18.2 Å². The second-order valence-electron chi connectivity index (χ2n) is 9.88. The number of hydrogen-bond acceptors (Lipinski definition) is 6. The van der Waals surface area contributed by atoms with Gasteiger partial charge in [0.15, 0.2) is 0 Å². The number of aryl methyl sites for hydroxylation is 1. The standard InChI is InChI=1S/C29H34N6O4/c1-18(30-2)27(37)33-24-16-31-26(20-11-7-12-21(15-20)28(38)34(3)4)35(29(24)39)17-25(36)32-23-14-8-10-19-9-5-6-13-22(19)23/h5-7,9,11-13,15-16,18,23,30H,8,10,14,17H2,1-4H3,(H,32,36)(H,33,37)/t18-,23+/m0/s1. The van der Waals surface area contributed by atoms with Crippen molar-refractivity contribution in [3.05, 3.63) is 81.8 Å². The molecule has 10 nitrogen and oxygen atoms in total. The van der Waals surface area contributed by atoms with Gasteiger partial charge in [-0.05, 0) is 56.5 Å². The van der Waals surface area contributed by atoms with Gasteiger partial charge in [0.05, 0.1) is 18.3 Å². The second kappa shape index (κ2) is 12.0. The van der Waals surface area contributed by atoms with Crippen molar-refractivity contribution in [2.24, 2.45) is 0 Å². The SMILES string of the molecule is CN[C@@H](C)C(=O)Nc1cnc(-c2cccc(C(=O)N(C)C)c2)n(CC(=O)N[C@@H]2CCCc3ccccc32)c1=O. The molecule has 0 saturated heterocycles. The topological polar surface area (TPSA) is 125 Å². The van der Waals surface area contributed by atoms with Gasteiger partial charge in [-0.25, -0.2) is 4.98 Å². The predicted octanol–water partition coefficient (Wildman–Crippen LogP) is 2.35. The molecular weight excluding hydrogens is 496 g/mol. The van der Waals surface area contributed by atoms with Crippen molar-refractivity contribution in [3.63, 3.8) is 0 Å². The minimum Gasteiger partial charge on any atom is -0.348 e. The zero-order valence-corrected chi connectivity index (χ0v) is 22.7. The number of nitrogens with zero attached hydrogens (tertiary/aromatic N) is 3. The lowest BCUT2D eigenvalue weighted by Gasteiger charge is -2.26. The summed E-state index contributed by atoms with van der Waals surface area (Å²) in [5.41, 5.74) is 2.60. The van der Waals surface area contributed by atoms with Crippen LogP contribution < -0.4 is 21.5 Å². The molecule has 204 valence electrons. The van der Waals surface area contributed by atoms with Crippen LogP contribution in [0.5, 0.6) is 0 Å². The summed E-state index contributed by atoms with van der Waals surface area (Å²) in [7, 11) is 4.95. The largest absolute Gasteiger partial charge is 0.348 e. The van der Waals surface area contributed by atoms with Gasteiger partial charge in [-0.3, -0.25) is 23.7 Å². The van der Waals surface area contributed by atoms with Crippen LogP contribution in [0, 0.1) is 0 Å². The van der Waals surface area contributed by atoms with E-state index < -0.39 is 17.5 Å². The molecule has 0 bridgehead atoms. The Morgan fingerprint density at radius 2 is 1.90 bits per heavy atom. The van der Waals surface area contributed by atoms with Crippen LogP contribution in [0.25, 0.3) is 11.4 Å². The fraction of sp³-hybridized carbons (Fsp3) is 0.345. The molecule has 10 heteroatoms. The number of aromatic nitrogens is 2. The Morgan fingerprint density at radius 3 is 2.64 bits per heavy atom. The molecule has 1 aliphatic carbocycles. The van der Waals surface area contributed by atoms with Crippen LogP contribution in [-0.2, 0) is 22.6 Å². The van der Waals surface area contributed by atoms with Gasteiger partial charge in [0, 0.05) is 25.2 Å². The van der Waals surface area contributed by atoms with Gasteiger partial charge in [-0.1, -0.05) is 36.4 Å². The summed E-state index contributed by atoms with van der Waals surface area (Å²) in [6.07, 6.45) is 4.00. The van der Waals surface area contributed by atoms with Gasteiger partial charge in [0.2, 0.25) is 11.8 Å². The van der Waals surface area contributed by atoms with Gasteiger partial charge >= 0.3 is 0 Å². The van der Waals surface area contributed by atoms with Crippen LogP contribution in [0.4, 0.5) is 5.69 Å². The summed E-state index contributed by atoms with van der Waals surface area (Å²) in [4.78, 5) is 57.9. The highest BCUT2D eigenvalue weighted by Gasteiger charge is 2.24. The molecule has 2 atom stereocenters. The van der Waals surface area contributed by atoms with Crippen molar-refractivity contribution in [1.82, 2.24) is 25.1 Å². The van der Waals surface area contributed by atoms with Crippen molar-refractivity contribution < 1.29 is 14.4 Å². The number of hydrogen-bond donors (Lipinski definition) is 3. The van der Waals surface area contributed by atoms with E-state index in [0.717, 1.165) is 24.8 Å². The monoisotopic (exact) mass is 530 g/mol. The lowest BCUT2D eigenvalue weighted by molar-refractivity contribution is -0.122. The van der Waals surface area contributed by atoms with Crippen LogP contribution in [0.1, 0.15) is 47.3 Å². The number of nitrogens with one attached hydrogen (secondary N) is 3. The van der Waals surface area contributed by atoms with E-state index in [2.05, 4.69) is 27.0 Å². The molecule has 2 aromatic carbocycles. The van der Waals surface area contributed by atoms with E-state index in [4.69, 9.17) is 0 Å². The van der Waals surface area contributed by atoms with E-state index in [-0.39, 0.29) is 35.9 Å². The van der Waals surface area contributed by atoms with E-state index in [1.165, 1.54) is 21.2 Å². The summed E-state index contributed by atoms with van der Waals surface area (Å²) < 4.78 is 1.24. The van der Waals surface area contributed by atoms with Crippen LogP contribution in [0.3, 0.4) is 0 Å². The molecule has 0 aliphatic heterocycles. The van der Waals surface area contributed by atoms with Gasteiger partial charge < -0.3 is 20.9 Å². The third kappa shape index (κ3) is 6.23. The molecule has 0 saturated carbocycles. The van der Waals surface area contributed by atoms with Gasteiger partial charge in [-0.15, -0.1) is 0 Å². The Balaban J connectivity index is 1.70. The summed E-state index contributed by atoms with van der Waals surface area (Å²) in [6, 6.07) is 14.1. The molecule has 0 unspecified atom stereocenters. The first-order valence-electron chi connectivity index (χ1n) is 13.0. The van der Waals surface area contributed by atoms with Gasteiger partial charge in [0.1, 0.15) is 18.1 Å². The molecule has 0 spiro atoms. The molecule has 4 rings (SSSR count). The minimum absolute atomic E-state index is 0.0396. The van der Waals surface area contributed by atoms with E-state index in [0.29, 0.717) is 11.1 Å². The highest BCUT2D eigenvalue weighted by molar-refractivity contribution is 5.95. The Bertz CT molecular complexity index is 1450. The van der Waals surface area contributed by atoms with Crippen LogP contribution in [0.15, 0.2) is 59.5 Å². The number of likely N-dealkylation sites (N-methyl/N-ethyl adjacent to an activating group) is 1. The molecule has 39 heavy (non-hydrogen) atoms. The van der Waals surface area contributed by atoms with Crippen molar-refractivity contribution in [2.45, 2.75) is 44.8 Å². The number of fused-ring (bicyclic) bond motifs is 1. The van der Waals surface area contributed by atoms with Crippen LogP contribution >= 0.6 is 0 Å². The zero-order valence-electron chi connectivity index (χ0n) is 22.7. The molecule has 1 heterocycles. The first-order valence-corrected chi connectivity index (χ1v) is 13.0. The highest BCUT2D eigenvalue weighted by atomic mass is 16.2. The van der Waals surface area contributed by atoms with Crippen molar-refractivity contribution in [1.29, 1.82) is 0 Å². The molecular formula is C29H34N6O4. The maximum atomic E-state index is 13.6. The average molecular weight is 531 g/mol. The Hall–Kier alpha value is -4.31. The molecule has 0 fully saturated rings. The maximum Gasteiger partial charge on any atom is 0.278 e. The van der Waals surface area contributed by atoms with E-state index in [1.54, 1.807) is 52.3 Å². The Kier molecular flexibility index (Phi) is 8.55. The van der Waals surface area contributed by atoms with Crippen LogP contribution in [-0.4, -0.2) is 59.4 Å². The number of rotatable bonds is 8. The van der Waals surface area contributed by atoms with E-state index >= 15 is 0 Å². The normalized spacial score (nSPS) is 15.1. The molecule has 3 N–H and O–H groups in total. The van der Waals surface area contributed by atoms with Crippen molar-refractivity contribution in [3.8, 4) is 11.4 Å². The van der Waals surface area contributed by atoms with Gasteiger partial charge in [0.25, 0.3) is 11.5 Å². The Morgan fingerprint density at radius 1 is 1.13 bits per heavy atom. The smallest absolute Gasteiger partial charge is 0.278 e. The van der Waals surface area contributed by atoms with Crippen molar-refractivity contribution in [2.75, 3.05) is 26.5 Å². The predicted molar refractivity (Wildman–Crippen MR) is 149 cm³/mol. The Labute approximate surface area is 227 Å². The summed E-state index contributed by atoms with van der Waals surface area (Å²) in [5, 5.41) is 8.51. The second-order valence-corrected chi connectivity index (χ2v) is 9.88. The summed E-state index contributed by atoms with van der Waals surface area (Å²) >= 11 is 0. The first kappa shape index (κ1) is 27.7. The molecule has 3 aromatic rings. The first-order chi connectivity index (χ1) is 18.7. The average Bonchev–Trinajstić information content (AvgIpc) is 2.94. The maximum absolute atomic E-state index is 13.6. The molecule has 1 aliphatic rings. The molecule has 3 amide bonds. The zero-order chi connectivity index (χ0) is 28.1. The highest BCUT2D eigenvalue weighted by Crippen LogP contribution is 2.29. The fourth-order valence-electron chi connectivity index (χ4n) is 4.66. The third-order valence-corrected chi connectivity index (χ3v) is 6.91.